The lowest BCUT2D eigenvalue weighted by molar-refractivity contribution is -0.144. The summed E-state index contributed by atoms with van der Waals surface area (Å²) in [4.78, 5) is 28.8. The first-order valence-electron chi connectivity index (χ1n) is 12.8. The highest BCUT2D eigenvalue weighted by molar-refractivity contribution is 6.03. The van der Waals surface area contributed by atoms with Gasteiger partial charge in [-0.3, -0.25) is 9.59 Å². The van der Waals surface area contributed by atoms with Crippen LogP contribution in [0.5, 0.6) is 0 Å². The van der Waals surface area contributed by atoms with Gasteiger partial charge in [0.15, 0.2) is 0 Å². The molecule has 0 atom stereocenters. The third-order valence-corrected chi connectivity index (χ3v) is 7.13. The van der Waals surface area contributed by atoms with Gasteiger partial charge in [0.1, 0.15) is 17.2 Å². The van der Waals surface area contributed by atoms with E-state index in [1.165, 1.54) is 17.7 Å². The minimum atomic E-state index is -0.491. The molecule has 0 aliphatic heterocycles. The minimum absolute atomic E-state index is 0.0806. The number of nitrogens with one attached hydrogen (secondary N) is 1. The number of rotatable bonds is 7. The molecular weight excluding hydrogens is 469 g/mol. The first kappa shape index (κ1) is 24.7. The SMILES string of the molecule is CCOC(=O)CC1CCC(c2ccc(-c3ccc4nc(C(=O)Nc5ccccc5F)cn4c3)cc2)CC1. The number of hydrogen-bond acceptors (Lipinski definition) is 4. The van der Waals surface area contributed by atoms with E-state index in [1.807, 2.05) is 29.7 Å². The van der Waals surface area contributed by atoms with E-state index < -0.39 is 11.7 Å². The molecule has 37 heavy (non-hydrogen) atoms. The molecule has 1 saturated carbocycles. The van der Waals surface area contributed by atoms with Crippen molar-refractivity contribution in [1.29, 1.82) is 0 Å². The van der Waals surface area contributed by atoms with Gasteiger partial charge in [-0.2, -0.15) is 0 Å². The first-order chi connectivity index (χ1) is 18.0. The van der Waals surface area contributed by atoms with Crippen molar-refractivity contribution in [1.82, 2.24) is 9.38 Å². The number of esters is 1. The number of para-hydroxylation sites is 1. The molecule has 0 spiro atoms. The molecule has 190 valence electrons. The monoisotopic (exact) mass is 499 g/mol. The van der Waals surface area contributed by atoms with E-state index in [2.05, 4.69) is 34.6 Å². The lowest BCUT2D eigenvalue weighted by atomic mass is 9.77. The Morgan fingerprint density at radius 3 is 2.43 bits per heavy atom. The molecule has 1 fully saturated rings. The van der Waals surface area contributed by atoms with E-state index in [9.17, 15) is 14.0 Å². The third kappa shape index (κ3) is 5.71. The largest absolute Gasteiger partial charge is 0.466 e. The maximum atomic E-state index is 13.9. The lowest BCUT2D eigenvalue weighted by Crippen LogP contribution is -2.17. The number of imidazole rings is 1. The van der Waals surface area contributed by atoms with Crippen LogP contribution in [0.4, 0.5) is 10.1 Å². The number of amides is 1. The van der Waals surface area contributed by atoms with Crippen molar-refractivity contribution in [3.05, 3.63) is 90.1 Å². The zero-order valence-electron chi connectivity index (χ0n) is 20.8. The zero-order valence-corrected chi connectivity index (χ0v) is 20.8. The highest BCUT2D eigenvalue weighted by Gasteiger charge is 2.24. The average molecular weight is 500 g/mol. The topological polar surface area (TPSA) is 72.7 Å². The number of nitrogens with zero attached hydrogens (tertiary/aromatic N) is 2. The summed E-state index contributed by atoms with van der Waals surface area (Å²) in [6.45, 7) is 2.29. The summed E-state index contributed by atoms with van der Waals surface area (Å²) in [6.07, 6.45) is 8.40. The van der Waals surface area contributed by atoms with Crippen LogP contribution in [0, 0.1) is 11.7 Å². The smallest absolute Gasteiger partial charge is 0.306 e. The van der Waals surface area contributed by atoms with E-state index in [0.29, 0.717) is 30.5 Å². The van der Waals surface area contributed by atoms with Gasteiger partial charge in [-0.15, -0.1) is 0 Å². The van der Waals surface area contributed by atoms with Crippen LogP contribution in [0.2, 0.25) is 0 Å². The second-order valence-electron chi connectivity index (χ2n) is 9.59. The number of ether oxygens (including phenoxy) is 1. The summed E-state index contributed by atoms with van der Waals surface area (Å²) in [5, 5.41) is 2.58. The van der Waals surface area contributed by atoms with Crippen LogP contribution in [0.15, 0.2) is 73.1 Å². The molecule has 1 aliphatic rings. The van der Waals surface area contributed by atoms with E-state index in [1.54, 1.807) is 18.3 Å². The van der Waals surface area contributed by atoms with Gasteiger partial charge in [0.05, 0.1) is 12.3 Å². The molecule has 0 bridgehead atoms. The predicted molar refractivity (Wildman–Crippen MR) is 141 cm³/mol. The fourth-order valence-corrected chi connectivity index (χ4v) is 5.12. The van der Waals surface area contributed by atoms with Gasteiger partial charge in [0.25, 0.3) is 5.91 Å². The Labute approximate surface area is 215 Å². The molecule has 4 aromatic rings. The number of carbonyl (C=O) groups excluding carboxylic acids is 2. The van der Waals surface area contributed by atoms with Crippen molar-refractivity contribution >= 4 is 23.2 Å². The van der Waals surface area contributed by atoms with Crippen LogP contribution < -0.4 is 5.32 Å². The van der Waals surface area contributed by atoms with Crippen molar-refractivity contribution in [2.45, 2.75) is 44.9 Å². The van der Waals surface area contributed by atoms with E-state index in [0.717, 1.165) is 36.8 Å². The highest BCUT2D eigenvalue weighted by Crippen LogP contribution is 2.37. The molecule has 0 unspecified atom stereocenters. The van der Waals surface area contributed by atoms with Crippen molar-refractivity contribution in [3.8, 4) is 11.1 Å². The number of benzene rings is 2. The minimum Gasteiger partial charge on any atom is -0.466 e. The Balaban J connectivity index is 1.24. The van der Waals surface area contributed by atoms with Gasteiger partial charge < -0.3 is 14.5 Å². The fourth-order valence-electron chi connectivity index (χ4n) is 5.12. The molecular formula is C30H30FN3O3. The van der Waals surface area contributed by atoms with Crippen molar-refractivity contribution in [3.63, 3.8) is 0 Å². The predicted octanol–water partition coefficient (Wildman–Crippen LogP) is 6.62. The Kier molecular flexibility index (Phi) is 7.30. The van der Waals surface area contributed by atoms with Crippen LogP contribution in [-0.4, -0.2) is 27.9 Å². The molecule has 2 heterocycles. The molecule has 2 aromatic heterocycles. The standard InChI is InChI=1S/C30H30FN3O3/c1-2-37-29(35)17-20-7-9-21(10-8-20)22-11-13-23(14-12-22)24-15-16-28-32-27(19-34(28)18-24)30(36)33-26-6-4-3-5-25(26)31/h3-6,11-16,18-21H,2,7-10,17H2,1H3,(H,33,36). The van der Waals surface area contributed by atoms with Gasteiger partial charge in [-0.05, 0) is 85.4 Å². The molecule has 6 nitrogen and oxygen atoms in total. The molecule has 1 aliphatic carbocycles. The summed E-state index contributed by atoms with van der Waals surface area (Å²) >= 11 is 0. The fraction of sp³-hybridized carbons (Fsp3) is 0.300. The Bertz CT molecular complexity index is 1410. The summed E-state index contributed by atoms with van der Waals surface area (Å²) in [6, 6.07) is 18.5. The van der Waals surface area contributed by atoms with Crippen LogP contribution in [0.3, 0.4) is 0 Å². The van der Waals surface area contributed by atoms with Crippen LogP contribution in [0.25, 0.3) is 16.8 Å². The summed E-state index contributed by atoms with van der Waals surface area (Å²) in [5.41, 5.74) is 4.39. The molecule has 1 amide bonds. The number of anilines is 1. The third-order valence-electron chi connectivity index (χ3n) is 7.13. The average Bonchev–Trinajstić information content (AvgIpc) is 3.34. The van der Waals surface area contributed by atoms with E-state index >= 15 is 0 Å². The van der Waals surface area contributed by atoms with Gasteiger partial charge >= 0.3 is 5.97 Å². The van der Waals surface area contributed by atoms with E-state index in [4.69, 9.17) is 4.74 Å². The first-order valence-corrected chi connectivity index (χ1v) is 12.8. The molecule has 7 heteroatoms. The molecule has 5 rings (SSSR count). The number of hydrogen-bond donors (Lipinski definition) is 1. The normalized spacial score (nSPS) is 17.5. The van der Waals surface area contributed by atoms with Crippen molar-refractivity contribution < 1.29 is 18.7 Å². The quantitative estimate of drug-likeness (QED) is 0.290. The molecule has 0 radical (unpaired) electrons. The summed E-state index contributed by atoms with van der Waals surface area (Å²) < 4.78 is 20.8. The second-order valence-corrected chi connectivity index (χ2v) is 9.59. The second kappa shape index (κ2) is 10.9. The van der Waals surface area contributed by atoms with Crippen LogP contribution >= 0.6 is 0 Å². The lowest BCUT2D eigenvalue weighted by Gasteiger charge is -2.28. The zero-order chi connectivity index (χ0) is 25.8. The van der Waals surface area contributed by atoms with Gasteiger partial charge in [-0.1, -0.05) is 36.4 Å². The number of carbonyl (C=O) groups is 2. The molecule has 1 N–H and O–H groups in total. The molecule has 0 saturated heterocycles. The van der Waals surface area contributed by atoms with Crippen molar-refractivity contribution in [2.24, 2.45) is 5.92 Å². The Morgan fingerprint density at radius 2 is 1.70 bits per heavy atom. The van der Waals surface area contributed by atoms with Gasteiger partial charge in [-0.25, -0.2) is 9.37 Å². The number of aromatic nitrogens is 2. The van der Waals surface area contributed by atoms with Crippen LogP contribution in [-0.2, 0) is 9.53 Å². The van der Waals surface area contributed by atoms with Crippen LogP contribution in [0.1, 0.15) is 61.0 Å². The maximum absolute atomic E-state index is 13.9. The Morgan fingerprint density at radius 1 is 0.973 bits per heavy atom. The summed E-state index contributed by atoms with van der Waals surface area (Å²) in [7, 11) is 0. The number of pyridine rings is 1. The summed E-state index contributed by atoms with van der Waals surface area (Å²) in [5.74, 6) is -0.0935. The number of fused-ring (bicyclic) bond motifs is 1. The van der Waals surface area contributed by atoms with Gasteiger partial charge in [0, 0.05) is 18.8 Å². The maximum Gasteiger partial charge on any atom is 0.306 e. The Hall–Kier alpha value is -4.00. The molecule has 2 aromatic carbocycles. The van der Waals surface area contributed by atoms with Crippen molar-refractivity contribution in [2.75, 3.05) is 11.9 Å². The van der Waals surface area contributed by atoms with Gasteiger partial charge in [0.2, 0.25) is 0 Å². The number of halogens is 1. The van der Waals surface area contributed by atoms with E-state index in [-0.39, 0.29) is 17.4 Å². The highest BCUT2D eigenvalue weighted by atomic mass is 19.1.